The lowest BCUT2D eigenvalue weighted by Gasteiger charge is -2.51. The van der Waals surface area contributed by atoms with E-state index in [-0.39, 0.29) is 16.7 Å². The van der Waals surface area contributed by atoms with E-state index in [0.717, 1.165) is 50.4 Å². The number of carbonyl (C=O) groups is 1. The van der Waals surface area contributed by atoms with E-state index >= 15 is 0 Å². The first-order chi connectivity index (χ1) is 16.1. The Morgan fingerprint density at radius 3 is 2.53 bits per heavy atom. The number of halogens is 3. The summed E-state index contributed by atoms with van der Waals surface area (Å²) >= 11 is 0. The van der Waals surface area contributed by atoms with Crippen molar-refractivity contribution in [2.45, 2.75) is 33.1 Å². The molecule has 1 N–H and O–H groups in total. The van der Waals surface area contributed by atoms with Gasteiger partial charge in [0.2, 0.25) is 5.91 Å². The van der Waals surface area contributed by atoms with E-state index in [1.165, 1.54) is 12.1 Å². The Bertz CT molecular complexity index is 1060. The Morgan fingerprint density at radius 1 is 1.18 bits per heavy atom. The van der Waals surface area contributed by atoms with Crippen molar-refractivity contribution in [1.82, 2.24) is 15.2 Å². The first-order valence-electron chi connectivity index (χ1n) is 11.8. The predicted molar refractivity (Wildman–Crippen MR) is 122 cm³/mol. The third kappa shape index (κ3) is 4.45. The number of hydrogen-bond acceptors (Lipinski definition) is 4. The van der Waals surface area contributed by atoms with Crippen LogP contribution in [0.25, 0.3) is 11.3 Å². The van der Waals surface area contributed by atoms with Gasteiger partial charge in [-0.25, -0.2) is 0 Å². The third-order valence-corrected chi connectivity index (χ3v) is 7.75. The van der Waals surface area contributed by atoms with Crippen molar-refractivity contribution in [3.63, 3.8) is 0 Å². The summed E-state index contributed by atoms with van der Waals surface area (Å²) in [7, 11) is 0. The fourth-order valence-corrected chi connectivity index (χ4v) is 5.30. The molecule has 8 heteroatoms. The molecule has 1 amide bonds. The molecule has 1 unspecified atom stereocenters. The van der Waals surface area contributed by atoms with Crippen LogP contribution in [0.2, 0.25) is 0 Å². The minimum Gasteiger partial charge on any atom is -0.375 e. The predicted octanol–water partition coefficient (Wildman–Crippen LogP) is 4.38. The number of hydrogen-bond donors (Lipinski definition) is 1. The van der Waals surface area contributed by atoms with E-state index in [1.54, 1.807) is 6.07 Å². The summed E-state index contributed by atoms with van der Waals surface area (Å²) in [5, 5.41) is 3.47. The third-order valence-electron chi connectivity index (χ3n) is 7.75. The van der Waals surface area contributed by atoms with Crippen LogP contribution in [0.15, 0.2) is 42.5 Å². The zero-order valence-electron chi connectivity index (χ0n) is 19.5. The van der Waals surface area contributed by atoms with Gasteiger partial charge in [-0.05, 0) is 36.1 Å². The van der Waals surface area contributed by atoms with Crippen LogP contribution in [-0.4, -0.2) is 48.6 Å². The van der Waals surface area contributed by atoms with Gasteiger partial charge in [-0.15, -0.1) is 0 Å². The highest BCUT2D eigenvalue weighted by molar-refractivity contribution is 5.83. The van der Waals surface area contributed by atoms with Crippen molar-refractivity contribution in [2.24, 2.45) is 22.7 Å². The van der Waals surface area contributed by atoms with Crippen LogP contribution in [0, 0.1) is 22.7 Å². The molecule has 3 fully saturated rings. The molecule has 182 valence electrons. The Hall–Kier alpha value is -2.45. The second-order valence-electron chi connectivity index (χ2n) is 10.7. The largest absolute Gasteiger partial charge is 0.416 e. The fourth-order valence-electron chi connectivity index (χ4n) is 5.30. The SMILES string of the molecule is CC1(C)C[C@@H]1C(=O)N1CC2(CNCC2COCc2cccc(-c3ccc(C(F)(F)F)cc3)n2)C1. The van der Waals surface area contributed by atoms with Gasteiger partial charge >= 0.3 is 6.18 Å². The van der Waals surface area contributed by atoms with Gasteiger partial charge in [0.1, 0.15) is 0 Å². The molecule has 5 nitrogen and oxygen atoms in total. The number of ether oxygens (including phenoxy) is 1. The van der Waals surface area contributed by atoms with Gasteiger partial charge in [0.25, 0.3) is 0 Å². The van der Waals surface area contributed by atoms with Crippen LogP contribution in [0.4, 0.5) is 13.2 Å². The molecule has 5 rings (SSSR count). The molecule has 1 aromatic carbocycles. The Balaban J connectivity index is 1.15. The van der Waals surface area contributed by atoms with Gasteiger partial charge in [-0.2, -0.15) is 13.2 Å². The van der Waals surface area contributed by atoms with Crippen molar-refractivity contribution < 1.29 is 22.7 Å². The number of amides is 1. The molecule has 1 aliphatic carbocycles. The van der Waals surface area contributed by atoms with Gasteiger partial charge < -0.3 is 15.0 Å². The highest BCUT2D eigenvalue weighted by atomic mass is 19.4. The highest BCUT2D eigenvalue weighted by Crippen LogP contribution is 2.54. The summed E-state index contributed by atoms with van der Waals surface area (Å²) in [6, 6.07) is 10.5. The smallest absolute Gasteiger partial charge is 0.375 e. The Kier molecular flexibility index (Phi) is 5.72. The lowest BCUT2D eigenvalue weighted by Crippen LogP contribution is -2.63. The van der Waals surface area contributed by atoms with E-state index in [2.05, 4.69) is 24.1 Å². The van der Waals surface area contributed by atoms with Crippen molar-refractivity contribution in [1.29, 1.82) is 0 Å². The van der Waals surface area contributed by atoms with Crippen LogP contribution < -0.4 is 5.32 Å². The second kappa shape index (κ2) is 8.34. The molecule has 2 aliphatic heterocycles. The Labute approximate surface area is 197 Å². The van der Waals surface area contributed by atoms with Crippen molar-refractivity contribution in [2.75, 3.05) is 32.8 Å². The molecule has 3 aliphatic rings. The minimum atomic E-state index is -4.35. The number of benzene rings is 1. The summed E-state index contributed by atoms with van der Waals surface area (Å²) in [5.74, 6) is 0.810. The number of alkyl halides is 3. The maximum Gasteiger partial charge on any atom is 0.416 e. The molecule has 0 bridgehead atoms. The summed E-state index contributed by atoms with van der Waals surface area (Å²) in [4.78, 5) is 19.3. The normalized spacial score (nSPS) is 24.8. The van der Waals surface area contributed by atoms with Crippen LogP contribution in [0.1, 0.15) is 31.5 Å². The van der Waals surface area contributed by atoms with Crippen LogP contribution in [0.5, 0.6) is 0 Å². The first kappa shape index (κ1) is 23.3. The van der Waals surface area contributed by atoms with Crippen LogP contribution in [-0.2, 0) is 22.3 Å². The van der Waals surface area contributed by atoms with E-state index in [4.69, 9.17) is 4.74 Å². The van der Waals surface area contributed by atoms with E-state index in [1.807, 2.05) is 17.0 Å². The summed E-state index contributed by atoms with van der Waals surface area (Å²) in [6.45, 7) is 8.58. The van der Waals surface area contributed by atoms with Gasteiger partial charge in [0, 0.05) is 49.0 Å². The maximum absolute atomic E-state index is 12.8. The lowest BCUT2D eigenvalue weighted by atomic mass is 9.71. The first-order valence-corrected chi connectivity index (χ1v) is 11.8. The number of nitrogens with zero attached hydrogens (tertiary/aromatic N) is 2. The average molecular weight is 474 g/mol. The zero-order chi connectivity index (χ0) is 24.1. The minimum absolute atomic E-state index is 0.0875. The number of carbonyl (C=O) groups excluding carboxylic acids is 1. The monoisotopic (exact) mass is 473 g/mol. The summed E-state index contributed by atoms with van der Waals surface area (Å²) in [5.41, 5.74) is 1.55. The van der Waals surface area contributed by atoms with E-state index in [9.17, 15) is 18.0 Å². The number of pyridine rings is 1. The number of likely N-dealkylation sites (tertiary alicyclic amines) is 1. The van der Waals surface area contributed by atoms with Gasteiger partial charge in [0.15, 0.2) is 0 Å². The van der Waals surface area contributed by atoms with Crippen molar-refractivity contribution in [3.05, 3.63) is 53.7 Å². The lowest BCUT2D eigenvalue weighted by molar-refractivity contribution is -0.148. The maximum atomic E-state index is 12.8. The van der Waals surface area contributed by atoms with Crippen LogP contribution in [0.3, 0.4) is 0 Å². The number of aromatic nitrogens is 1. The molecule has 34 heavy (non-hydrogen) atoms. The average Bonchev–Trinajstić information content (AvgIpc) is 3.21. The second-order valence-corrected chi connectivity index (χ2v) is 10.7. The Morgan fingerprint density at radius 2 is 1.88 bits per heavy atom. The molecule has 1 saturated carbocycles. The molecular weight excluding hydrogens is 443 g/mol. The molecule has 1 spiro atoms. The van der Waals surface area contributed by atoms with Gasteiger partial charge in [-0.1, -0.05) is 32.0 Å². The number of nitrogens with one attached hydrogen (secondary N) is 1. The van der Waals surface area contributed by atoms with Crippen molar-refractivity contribution >= 4 is 5.91 Å². The van der Waals surface area contributed by atoms with Crippen molar-refractivity contribution in [3.8, 4) is 11.3 Å². The fraction of sp³-hybridized carbons (Fsp3) is 0.538. The molecule has 2 atom stereocenters. The van der Waals surface area contributed by atoms with E-state index < -0.39 is 11.7 Å². The summed E-state index contributed by atoms with van der Waals surface area (Å²) in [6.07, 6.45) is -3.37. The topological polar surface area (TPSA) is 54.5 Å². The molecule has 1 aromatic heterocycles. The van der Waals surface area contributed by atoms with Gasteiger partial charge in [0.05, 0.1) is 30.2 Å². The molecule has 2 aromatic rings. The highest BCUT2D eigenvalue weighted by Gasteiger charge is 2.58. The van der Waals surface area contributed by atoms with E-state index in [0.29, 0.717) is 36.3 Å². The van der Waals surface area contributed by atoms with Crippen LogP contribution >= 0.6 is 0 Å². The molecule has 3 heterocycles. The van der Waals surface area contributed by atoms with Gasteiger partial charge in [-0.3, -0.25) is 9.78 Å². The standard InChI is InChI=1S/C26H30F3N3O2/c1-24(2)10-21(24)23(33)32-15-25(16-32)14-30-11-19(25)12-34-13-20-4-3-5-22(31-20)17-6-8-18(9-7-17)26(27,28)29/h3-9,19,21,30H,10-16H2,1-2H3/t19?,21-/m1/s1. The quantitative estimate of drug-likeness (QED) is 0.677. The zero-order valence-corrected chi connectivity index (χ0v) is 19.5. The summed E-state index contributed by atoms with van der Waals surface area (Å²) < 4.78 is 44.5. The molecular formula is C26H30F3N3O2. The number of rotatable bonds is 6. The molecule has 2 saturated heterocycles. The molecule has 0 radical (unpaired) electrons.